The van der Waals surface area contributed by atoms with Gasteiger partial charge in [-0.3, -0.25) is 0 Å². The summed E-state index contributed by atoms with van der Waals surface area (Å²) >= 11 is 0. The number of methoxy groups -OCH3 is 1. The first-order valence-electron chi connectivity index (χ1n) is 7.47. The van der Waals surface area contributed by atoms with Gasteiger partial charge in [0.15, 0.2) is 0 Å². The zero-order valence-electron chi connectivity index (χ0n) is 13.1. The van der Waals surface area contributed by atoms with E-state index in [0.29, 0.717) is 23.2 Å². The smallest absolute Gasteiger partial charge is 0.340 e. The van der Waals surface area contributed by atoms with Gasteiger partial charge < -0.3 is 20.7 Å². The lowest BCUT2D eigenvalue weighted by molar-refractivity contribution is 0.0602. The maximum Gasteiger partial charge on any atom is 0.340 e. The number of ether oxygens (including phenoxy) is 1. The summed E-state index contributed by atoms with van der Waals surface area (Å²) in [5.74, 6) is 0.219. The minimum absolute atomic E-state index is 0.400. The van der Waals surface area contributed by atoms with E-state index < -0.39 is 5.97 Å². The summed E-state index contributed by atoms with van der Waals surface area (Å²) in [6.07, 6.45) is 1.20. The third kappa shape index (κ3) is 3.67. The van der Waals surface area contributed by atoms with Crippen LogP contribution in [0.1, 0.15) is 30.6 Å². The Balaban J connectivity index is 1.97. The Morgan fingerprint density at radius 2 is 2.29 bits per heavy atom. The number of carbonyl (C=O) groups excluding carboxylic acids is 1. The molecule has 1 fully saturated rings. The molecule has 2 rings (SSSR count). The Bertz CT molecular complexity index is 502. The van der Waals surface area contributed by atoms with Crippen LogP contribution in [0.4, 0.5) is 11.4 Å². The van der Waals surface area contributed by atoms with Gasteiger partial charge in [-0.25, -0.2) is 4.79 Å². The van der Waals surface area contributed by atoms with Crippen molar-refractivity contribution in [1.82, 2.24) is 4.90 Å². The van der Waals surface area contributed by atoms with Crippen LogP contribution in [0.2, 0.25) is 0 Å². The number of carbonyl (C=O) groups is 1. The number of esters is 1. The van der Waals surface area contributed by atoms with Gasteiger partial charge in [0.25, 0.3) is 0 Å². The molecule has 1 unspecified atom stereocenters. The van der Waals surface area contributed by atoms with Crippen LogP contribution in [-0.2, 0) is 4.74 Å². The fourth-order valence-electron chi connectivity index (χ4n) is 2.76. The Morgan fingerprint density at radius 1 is 1.52 bits per heavy atom. The van der Waals surface area contributed by atoms with Crippen molar-refractivity contribution in [2.75, 3.05) is 37.8 Å². The van der Waals surface area contributed by atoms with E-state index in [1.165, 1.54) is 13.5 Å². The number of rotatable bonds is 5. The Morgan fingerprint density at radius 3 is 2.90 bits per heavy atom. The van der Waals surface area contributed by atoms with Crippen LogP contribution in [0.15, 0.2) is 18.2 Å². The SMILES string of the molecule is COC(=O)c1cccc(NCC2CCN(C(C)C)C2)c1N. The summed E-state index contributed by atoms with van der Waals surface area (Å²) in [5.41, 5.74) is 7.73. The van der Waals surface area contributed by atoms with E-state index in [2.05, 4.69) is 24.1 Å². The summed E-state index contributed by atoms with van der Waals surface area (Å²) < 4.78 is 4.74. The average Bonchev–Trinajstić information content (AvgIpc) is 2.94. The van der Waals surface area contributed by atoms with Crippen molar-refractivity contribution in [3.8, 4) is 0 Å². The summed E-state index contributed by atoms with van der Waals surface area (Å²) in [6, 6.07) is 6.00. The van der Waals surface area contributed by atoms with Crippen LogP contribution < -0.4 is 11.1 Å². The van der Waals surface area contributed by atoms with Crippen molar-refractivity contribution in [2.24, 2.45) is 5.92 Å². The highest BCUT2D eigenvalue weighted by molar-refractivity contribution is 5.98. The molecule has 0 saturated carbocycles. The molecule has 1 aromatic rings. The Labute approximate surface area is 126 Å². The molecule has 5 heteroatoms. The fourth-order valence-corrected chi connectivity index (χ4v) is 2.76. The van der Waals surface area contributed by atoms with Crippen LogP contribution >= 0.6 is 0 Å². The maximum absolute atomic E-state index is 11.6. The highest BCUT2D eigenvalue weighted by atomic mass is 16.5. The number of nitrogen functional groups attached to an aromatic ring is 1. The van der Waals surface area contributed by atoms with Crippen molar-refractivity contribution in [3.05, 3.63) is 23.8 Å². The third-order valence-electron chi connectivity index (χ3n) is 4.14. The van der Waals surface area contributed by atoms with E-state index >= 15 is 0 Å². The number of likely N-dealkylation sites (tertiary alicyclic amines) is 1. The molecule has 1 atom stereocenters. The van der Waals surface area contributed by atoms with Crippen molar-refractivity contribution >= 4 is 17.3 Å². The second-order valence-corrected chi connectivity index (χ2v) is 5.88. The van der Waals surface area contributed by atoms with Crippen LogP contribution in [0.5, 0.6) is 0 Å². The molecule has 1 aromatic carbocycles. The molecule has 116 valence electrons. The normalized spacial score (nSPS) is 19.0. The second kappa shape index (κ2) is 6.80. The van der Waals surface area contributed by atoms with Gasteiger partial charge in [-0.15, -0.1) is 0 Å². The predicted molar refractivity (Wildman–Crippen MR) is 85.5 cm³/mol. The zero-order chi connectivity index (χ0) is 15.4. The van der Waals surface area contributed by atoms with Gasteiger partial charge in [0.2, 0.25) is 0 Å². The molecule has 1 aliphatic rings. The summed E-state index contributed by atoms with van der Waals surface area (Å²) in [5, 5.41) is 3.37. The highest BCUT2D eigenvalue weighted by Crippen LogP contribution is 2.25. The molecule has 0 spiro atoms. The summed E-state index contributed by atoms with van der Waals surface area (Å²) in [7, 11) is 1.36. The number of anilines is 2. The summed E-state index contributed by atoms with van der Waals surface area (Å²) in [6.45, 7) is 7.60. The maximum atomic E-state index is 11.6. The summed E-state index contributed by atoms with van der Waals surface area (Å²) in [4.78, 5) is 14.1. The fraction of sp³-hybridized carbons (Fsp3) is 0.562. The molecule has 0 bridgehead atoms. The van der Waals surface area contributed by atoms with Gasteiger partial charge in [-0.1, -0.05) is 6.07 Å². The third-order valence-corrected chi connectivity index (χ3v) is 4.14. The molecule has 0 radical (unpaired) electrons. The molecule has 1 heterocycles. The van der Waals surface area contributed by atoms with Crippen molar-refractivity contribution in [3.63, 3.8) is 0 Å². The molecule has 0 amide bonds. The van der Waals surface area contributed by atoms with Gasteiger partial charge in [-0.05, 0) is 44.9 Å². The highest BCUT2D eigenvalue weighted by Gasteiger charge is 2.24. The Hall–Kier alpha value is -1.75. The quantitative estimate of drug-likeness (QED) is 0.643. The number of nitrogens with one attached hydrogen (secondary N) is 1. The second-order valence-electron chi connectivity index (χ2n) is 5.88. The molecule has 0 aliphatic carbocycles. The number of nitrogens with two attached hydrogens (primary N) is 1. The molecular weight excluding hydrogens is 266 g/mol. The lowest BCUT2D eigenvalue weighted by Gasteiger charge is -2.20. The molecule has 3 N–H and O–H groups in total. The van der Waals surface area contributed by atoms with Crippen molar-refractivity contribution in [2.45, 2.75) is 26.3 Å². The number of hydrogen-bond donors (Lipinski definition) is 2. The average molecular weight is 291 g/mol. The van der Waals surface area contributed by atoms with Crippen molar-refractivity contribution in [1.29, 1.82) is 0 Å². The zero-order valence-corrected chi connectivity index (χ0v) is 13.1. The lowest BCUT2D eigenvalue weighted by Crippen LogP contribution is -2.29. The van der Waals surface area contributed by atoms with Gasteiger partial charge in [-0.2, -0.15) is 0 Å². The van der Waals surface area contributed by atoms with Gasteiger partial charge in [0.05, 0.1) is 24.0 Å². The monoisotopic (exact) mass is 291 g/mol. The molecule has 1 aliphatic heterocycles. The largest absolute Gasteiger partial charge is 0.465 e. The number of hydrogen-bond acceptors (Lipinski definition) is 5. The van der Waals surface area contributed by atoms with E-state index in [1.807, 2.05) is 12.1 Å². The van der Waals surface area contributed by atoms with Crippen molar-refractivity contribution < 1.29 is 9.53 Å². The first kappa shape index (κ1) is 15.6. The van der Waals surface area contributed by atoms with E-state index in [0.717, 1.165) is 25.3 Å². The number of nitrogens with zero attached hydrogens (tertiary/aromatic N) is 1. The molecule has 0 aromatic heterocycles. The van der Waals surface area contributed by atoms with E-state index in [4.69, 9.17) is 10.5 Å². The van der Waals surface area contributed by atoms with Crippen LogP contribution in [0, 0.1) is 5.92 Å². The predicted octanol–water partition coefficient (Wildman–Crippen LogP) is 2.20. The van der Waals surface area contributed by atoms with Gasteiger partial charge in [0, 0.05) is 19.1 Å². The van der Waals surface area contributed by atoms with Crippen LogP contribution in [0.3, 0.4) is 0 Å². The molecule has 21 heavy (non-hydrogen) atoms. The van der Waals surface area contributed by atoms with Crippen LogP contribution in [-0.4, -0.2) is 43.7 Å². The molecule has 5 nitrogen and oxygen atoms in total. The number of benzene rings is 1. The first-order chi connectivity index (χ1) is 10.0. The number of para-hydroxylation sites is 1. The molecule has 1 saturated heterocycles. The van der Waals surface area contributed by atoms with Gasteiger partial charge >= 0.3 is 5.97 Å². The minimum atomic E-state index is -0.400. The Kier molecular flexibility index (Phi) is 5.07. The van der Waals surface area contributed by atoms with E-state index in [9.17, 15) is 4.79 Å². The first-order valence-corrected chi connectivity index (χ1v) is 7.47. The minimum Gasteiger partial charge on any atom is -0.465 e. The van der Waals surface area contributed by atoms with Gasteiger partial charge in [0.1, 0.15) is 0 Å². The standard InChI is InChI=1S/C16H25N3O2/c1-11(2)19-8-7-12(10-19)9-18-14-6-4-5-13(15(14)17)16(20)21-3/h4-6,11-12,18H,7-10,17H2,1-3H3. The topological polar surface area (TPSA) is 67.6 Å². The molecular formula is C16H25N3O2. The van der Waals surface area contributed by atoms with E-state index in [-0.39, 0.29) is 0 Å². The lowest BCUT2D eigenvalue weighted by atomic mass is 10.1. The van der Waals surface area contributed by atoms with E-state index in [1.54, 1.807) is 6.07 Å². The van der Waals surface area contributed by atoms with Crippen LogP contribution in [0.25, 0.3) is 0 Å².